The van der Waals surface area contributed by atoms with Crippen LogP contribution in [0.25, 0.3) is 0 Å². The van der Waals surface area contributed by atoms with Gasteiger partial charge in [-0.2, -0.15) is 21.6 Å². The smallest absolute Gasteiger partial charge is 0.457 e. The topological polar surface area (TPSA) is 69.7 Å². The summed E-state index contributed by atoms with van der Waals surface area (Å²) >= 11 is 0. The number of rotatable bonds is 11. The number of alkyl halides is 3. The summed E-state index contributed by atoms with van der Waals surface area (Å²) in [6.07, 6.45) is 1.48. The second-order valence-electron chi connectivity index (χ2n) is 9.07. The van der Waals surface area contributed by atoms with Crippen molar-refractivity contribution in [1.29, 1.82) is 0 Å². The lowest BCUT2D eigenvalue weighted by molar-refractivity contribution is -0.150. The molecule has 0 aliphatic heterocycles. The first kappa shape index (κ1) is 28.4. The van der Waals surface area contributed by atoms with Crippen molar-refractivity contribution < 1.29 is 35.3 Å². The van der Waals surface area contributed by atoms with Crippen LogP contribution in [0.1, 0.15) is 57.6 Å². The number of benzene rings is 2. The molecule has 2 aromatic rings. The Labute approximate surface area is 205 Å². The van der Waals surface area contributed by atoms with Crippen LogP contribution in [0.4, 0.5) is 13.2 Å². The predicted molar refractivity (Wildman–Crippen MR) is 128 cm³/mol. The Morgan fingerprint density at radius 3 is 1.69 bits per heavy atom. The molecule has 192 valence electrons. The molecule has 0 aliphatic carbocycles. The molecule has 0 saturated carbocycles. The van der Waals surface area contributed by atoms with E-state index in [0.717, 1.165) is 11.1 Å². The normalized spacial score (nSPS) is 13.2. The molecule has 0 bridgehead atoms. The van der Waals surface area contributed by atoms with Gasteiger partial charge in [-0.25, -0.2) is 4.79 Å². The zero-order chi connectivity index (χ0) is 26.1. The molecule has 0 radical (unpaired) electrons. The van der Waals surface area contributed by atoms with Gasteiger partial charge in [-0.05, 0) is 64.0 Å². The first-order valence-electron chi connectivity index (χ1n) is 11.3. The molecule has 0 amide bonds. The molecule has 0 unspecified atom stereocenters. The van der Waals surface area contributed by atoms with Gasteiger partial charge in [-0.15, -0.1) is 0 Å². The minimum atomic E-state index is -5.96. The van der Waals surface area contributed by atoms with E-state index in [-0.39, 0.29) is 24.8 Å². The zero-order valence-corrected chi connectivity index (χ0v) is 20.9. The van der Waals surface area contributed by atoms with E-state index < -0.39 is 33.0 Å². The molecule has 0 aromatic heterocycles. The van der Waals surface area contributed by atoms with Gasteiger partial charge in [0.1, 0.15) is 11.4 Å². The molecule has 0 heterocycles. The molecule has 0 fully saturated rings. The molecule has 5 nitrogen and oxygen atoms in total. The van der Waals surface area contributed by atoms with Crippen molar-refractivity contribution in [2.75, 3.05) is 0 Å². The maximum absolute atomic E-state index is 13.1. The fourth-order valence-corrected chi connectivity index (χ4v) is 3.87. The highest BCUT2D eigenvalue weighted by Gasteiger charge is 2.49. The number of carbonyl (C=O) groups is 1. The molecular formula is C26H31F3O5S. The third-order valence-electron chi connectivity index (χ3n) is 4.92. The summed E-state index contributed by atoms with van der Waals surface area (Å²) in [5.41, 5.74) is -4.85. The van der Waals surface area contributed by atoms with Crippen molar-refractivity contribution in [3.63, 3.8) is 0 Å². The summed E-state index contributed by atoms with van der Waals surface area (Å²) in [5.74, 6) is -1.42. The van der Waals surface area contributed by atoms with E-state index in [0.29, 0.717) is 19.3 Å². The van der Waals surface area contributed by atoms with Gasteiger partial charge in [-0.1, -0.05) is 60.7 Å². The zero-order valence-electron chi connectivity index (χ0n) is 20.1. The van der Waals surface area contributed by atoms with Gasteiger partial charge in [0.15, 0.2) is 0 Å². The fraction of sp³-hybridized carbons (Fsp3) is 0.423. The third-order valence-corrected chi connectivity index (χ3v) is 5.91. The fourth-order valence-electron chi connectivity index (χ4n) is 3.33. The lowest BCUT2D eigenvalue weighted by Gasteiger charge is -2.22. The molecule has 2 rings (SSSR count). The first-order valence-corrected chi connectivity index (χ1v) is 12.7. The van der Waals surface area contributed by atoms with E-state index in [1.165, 1.54) is 0 Å². The standard InChI is InChI=1S/C26H31F3O5S/c1-25(2,3)33-24(30)22(18-10-16-20-12-6-4-7-13-20)23(34-35(31,32)26(27,28)29)19-11-17-21-14-8-5-9-15-21/h4-9,12-15H,10-11,16-19H2,1-3H3/b23-22-. The second-order valence-corrected chi connectivity index (χ2v) is 10.6. The number of hydrogen-bond acceptors (Lipinski definition) is 5. The van der Waals surface area contributed by atoms with Crippen LogP contribution in [0.5, 0.6) is 0 Å². The van der Waals surface area contributed by atoms with E-state index in [9.17, 15) is 26.4 Å². The Morgan fingerprint density at radius 2 is 1.26 bits per heavy atom. The monoisotopic (exact) mass is 512 g/mol. The second kappa shape index (κ2) is 12.2. The van der Waals surface area contributed by atoms with Crippen LogP contribution in [0.15, 0.2) is 72.0 Å². The number of aryl methyl sites for hydroxylation is 2. The largest absolute Gasteiger partial charge is 0.534 e. The molecule has 0 atom stereocenters. The molecule has 35 heavy (non-hydrogen) atoms. The van der Waals surface area contributed by atoms with Gasteiger partial charge in [0, 0.05) is 6.42 Å². The Kier molecular flexibility index (Phi) is 9.94. The maximum atomic E-state index is 13.1. The van der Waals surface area contributed by atoms with Gasteiger partial charge in [0.25, 0.3) is 0 Å². The van der Waals surface area contributed by atoms with E-state index >= 15 is 0 Å². The Morgan fingerprint density at radius 1 is 0.800 bits per heavy atom. The molecular weight excluding hydrogens is 481 g/mol. The number of ether oxygens (including phenoxy) is 1. The molecule has 2 aromatic carbocycles. The third kappa shape index (κ3) is 9.76. The molecule has 0 N–H and O–H groups in total. The van der Waals surface area contributed by atoms with E-state index in [1.54, 1.807) is 20.8 Å². The van der Waals surface area contributed by atoms with Crippen molar-refractivity contribution in [2.24, 2.45) is 0 Å². The van der Waals surface area contributed by atoms with Gasteiger partial charge in [0.2, 0.25) is 0 Å². The number of esters is 1. The number of carbonyl (C=O) groups excluding carboxylic acids is 1. The average molecular weight is 513 g/mol. The molecule has 0 saturated heterocycles. The average Bonchev–Trinajstić information content (AvgIpc) is 2.75. The summed E-state index contributed by atoms with van der Waals surface area (Å²) < 4.78 is 73.1. The van der Waals surface area contributed by atoms with Crippen LogP contribution in [-0.4, -0.2) is 25.5 Å². The Balaban J connectivity index is 2.36. The van der Waals surface area contributed by atoms with Crippen LogP contribution in [0.2, 0.25) is 0 Å². The van der Waals surface area contributed by atoms with Crippen LogP contribution >= 0.6 is 0 Å². The Bertz CT molecular complexity index is 1090. The lowest BCUT2D eigenvalue weighted by Crippen LogP contribution is -2.28. The van der Waals surface area contributed by atoms with Gasteiger partial charge in [0.05, 0.1) is 5.57 Å². The summed E-state index contributed by atoms with van der Waals surface area (Å²) in [4.78, 5) is 13.0. The van der Waals surface area contributed by atoms with Gasteiger partial charge >= 0.3 is 21.6 Å². The molecule has 0 spiro atoms. The summed E-state index contributed by atoms with van der Waals surface area (Å²) in [6, 6.07) is 18.5. The summed E-state index contributed by atoms with van der Waals surface area (Å²) in [7, 11) is -5.96. The highest BCUT2D eigenvalue weighted by molar-refractivity contribution is 7.87. The van der Waals surface area contributed by atoms with E-state index in [1.807, 2.05) is 60.7 Å². The van der Waals surface area contributed by atoms with Gasteiger partial charge in [-0.3, -0.25) is 0 Å². The van der Waals surface area contributed by atoms with Crippen molar-refractivity contribution in [2.45, 2.75) is 70.4 Å². The van der Waals surface area contributed by atoms with Crippen molar-refractivity contribution >= 4 is 16.1 Å². The minimum Gasteiger partial charge on any atom is -0.457 e. The predicted octanol–water partition coefficient (Wildman–Crippen LogP) is 6.49. The SMILES string of the molecule is CC(C)(C)OC(=O)/C(CCCc1ccccc1)=C(/CCCc1ccccc1)OS(=O)(=O)C(F)(F)F. The highest BCUT2D eigenvalue weighted by Crippen LogP contribution is 2.31. The summed E-state index contributed by atoms with van der Waals surface area (Å²) in [6.45, 7) is 4.86. The molecule has 9 heteroatoms. The number of allylic oxidation sites excluding steroid dienone is 1. The van der Waals surface area contributed by atoms with E-state index in [2.05, 4.69) is 4.18 Å². The Hall–Kier alpha value is -2.81. The number of halogens is 3. The van der Waals surface area contributed by atoms with Crippen LogP contribution in [0, 0.1) is 0 Å². The highest BCUT2D eigenvalue weighted by atomic mass is 32.2. The minimum absolute atomic E-state index is 0.00213. The van der Waals surface area contributed by atoms with E-state index in [4.69, 9.17) is 4.74 Å². The summed E-state index contributed by atoms with van der Waals surface area (Å²) in [5, 5.41) is 0. The lowest BCUT2D eigenvalue weighted by atomic mass is 10.0. The maximum Gasteiger partial charge on any atom is 0.534 e. The van der Waals surface area contributed by atoms with Crippen molar-refractivity contribution in [1.82, 2.24) is 0 Å². The molecule has 0 aliphatic rings. The quantitative estimate of drug-likeness (QED) is 0.113. The van der Waals surface area contributed by atoms with Gasteiger partial charge < -0.3 is 8.92 Å². The van der Waals surface area contributed by atoms with Crippen molar-refractivity contribution in [3.8, 4) is 0 Å². The first-order chi connectivity index (χ1) is 16.3. The van der Waals surface area contributed by atoms with Crippen molar-refractivity contribution in [3.05, 3.63) is 83.1 Å². The van der Waals surface area contributed by atoms with Crippen LogP contribution in [0.3, 0.4) is 0 Å². The number of hydrogen-bond donors (Lipinski definition) is 0. The van der Waals surface area contributed by atoms with Crippen LogP contribution < -0.4 is 0 Å². The van der Waals surface area contributed by atoms with Crippen LogP contribution in [-0.2, 0) is 36.7 Å².